The Kier molecular flexibility index (Phi) is 12.1. The zero-order chi connectivity index (χ0) is 37.5. The monoisotopic (exact) mass is 740 g/mol. The summed E-state index contributed by atoms with van der Waals surface area (Å²) in [4.78, 5) is 44.0. The van der Waals surface area contributed by atoms with E-state index in [4.69, 9.17) is 23.3 Å². The first-order valence-electron chi connectivity index (χ1n) is 16.5. The van der Waals surface area contributed by atoms with Crippen LogP contribution in [0.2, 0.25) is 0 Å². The van der Waals surface area contributed by atoms with Crippen LogP contribution in [-0.2, 0) is 28.0 Å². The number of halogens is 2. The molecule has 276 valence electrons. The van der Waals surface area contributed by atoms with E-state index in [0.29, 0.717) is 35.2 Å². The molecule has 0 unspecified atom stereocenters. The van der Waals surface area contributed by atoms with E-state index >= 15 is 4.39 Å². The number of hydrogen-bond donors (Lipinski definition) is 2. The molecule has 3 amide bonds. The molecule has 4 aromatic rings. The number of carbonyl (C=O) groups excluding carboxylic acids is 3. The fourth-order valence-corrected chi connectivity index (χ4v) is 7.08. The second kappa shape index (κ2) is 16.5. The van der Waals surface area contributed by atoms with Gasteiger partial charge in [0.15, 0.2) is 23.1 Å². The van der Waals surface area contributed by atoms with E-state index in [2.05, 4.69) is 15.6 Å². The minimum atomic E-state index is -3.54. The minimum absolute atomic E-state index is 0.00680. The van der Waals surface area contributed by atoms with Crippen molar-refractivity contribution in [3.05, 3.63) is 78.5 Å². The highest BCUT2D eigenvalue weighted by molar-refractivity contribution is 7.53. The van der Waals surface area contributed by atoms with Crippen molar-refractivity contribution >= 4 is 47.6 Å². The fourth-order valence-electron chi connectivity index (χ4n) is 5.30. The van der Waals surface area contributed by atoms with Gasteiger partial charge < -0.3 is 38.8 Å². The second-order valence-electron chi connectivity index (χ2n) is 11.8. The molecule has 0 atom stereocenters. The molecule has 13 nitrogen and oxygen atoms in total. The number of nitrogens with zero attached hydrogens (tertiary/aromatic N) is 2. The van der Waals surface area contributed by atoms with Crippen LogP contribution in [0.4, 0.5) is 20.2 Å². The van der Waals surface area contributed by atoms with E-state index in [-0.39, 0.29) is 61.5 Å². The summed E-state index contributed by atoms with van der Waals surface area (Å²) in [6.45, 7) is 5.06. The van der Waals surface area contributed by atoms with Gasteiger partial charge in [0, 0.05) is 42.0 Å². The Hall–Kier alpha value is -5.11. The summed E-state index contributed by atoms with van der Waals surface area (Å²) < 4.78 is 69.7. The Morgan fingerprint density at radius 2 is 1.52 bits per heavy atom. The lowest BCUT2D eigenvalue weighted by Gasteiger charge is -2.26. The van der Waals surface area contributed by atoms with Gasteiger partial charge in [0.25, 0.3) is 0 Å². The first kappa shape index (κ1) is 38.1. The first-order chi connectivity index (χ1) is 24.9. The third-order valence-electron chi connectivity index (χ3n) is 8.18. The summed E-state index contributed by atoms with van der Waals surface area (Å²) in [5.41, 5.74) is -0.397. The van der Waals surface area contributed by atoms with Gasteiger partial charge in [0.1, 0.15) is 29.9 Å². The van der Waals surface area contributed by atoms with Gasteiger partial charge >= 0.3 is 7.60 Å². The molecule has 1 aliphatic carbocycles. The molecule has 1 saturated carbocycles. The first-order valence-corrected chi connectivity index (χ1v) is 18.2. The van der Waals surface area contributed by atoms with Crippen molar-refractivity contribution in [2.24, 2.45) is 5.41 Å². The number of nitrogens with one attached hydrogen (secondary N) is 2. The van der Waals surface area contributed by atoms with E-state index < -0.39 is 36.5 Å². The number of amides is 3. The van der Waals surface area contributed by atoms with Crippen molar-refractivity contribution in [1.82, 2.24) is 9.88 Å². The summed E-state index contributed by atoms with van der Waals surface area (Å²) in [5, 5.41) is 5.70. The molecule has 1 aromatic heterocycles. The number of rotatable bonds is 17. The van der Waals surface area contributed by atoms with Crippen LogP contribution in [0.5, 0.6) is 23.0 Å². The Morgan fingerprint density at radius 3 is 2.12 bits per heavy atom. The Balaban J connectivity index is 1.27. The predicted octanol–water partition coefficient (Wildman–Crippen LogP) is 7.12. The van der Waals surface area contributed by atoms with Gasteiger partial charge in [-0.05, 0) is 75.2 Å². The largest absolute Gasteiger partial charge is 0.493 e. The molecule has 1 fully saturated rings. The number of ether oxygens (including phenoxy) is 3. The quantitative estimate of drug-likeness (QED) is 0.0845. The average molecular weight is 741 g/mol. The number of fused-ring (bicyclic) bond motifs is 1. The molecule has 52 heavy (non-hydrogen) atoms. The molecule has 5 rings (SSSR count). The van der Waals surface area contributed by atoms with Crippen LogP contribution in [0.25, 0.3) is 10.9 Å². The van der Waals surface area contributed by atoms with Gasteiger partial charge in [0.05, 0.1) is 32.4 Å². The van der Waals surface area contributed by atoms with Crippen molar-refractivity contribution in [1.29, 1.82) is 0 Å². The Bertz CT molecular complexity index is 1980. The van der Waals surface area contributed by atoms with Gasteiger partial charge in [-0.25, -0.2) is 8.78 Å². The van der Waals surface area contributed by atoms with E-state index in [1.165, 1.54) is 61.5 Å². The number of anilines is 2. The van der Waals surface area contributed by atoms with Crippen LogP contribution < -0.4 is 24.8 Å². The predicted molar refractivity (Wildman–Crippen MR) is 189 cm³/mol. The Labute approximate surface area is 299 Å². The summed E-state index contributed by atoms with van der Waals surface area (Å²) in [6.07, 6.45) is 1.85. The summed E-state index contributed by atoms with van der Waals surface area (Å²) in [5.74, 6) is -2.00. The van der Waals surface area contributed by atoms with Crippen LogP contribution in [0, 0.1) is 17.0 Å². The molecule has 0 bridgehead atoms. The summed E-state index contributed by atoms with van der Waals surface area (Å²) in [6, 6.07) is 13.8. The average Bonchev–Trinajstić information content (AvgIpc) is 3.93. The number of carbonyl (C=O) groups is 3. The van der Waals surface area contributed by atoms with Crippen molar-refractivity contribution < 1.29 is 51.0 Å². The van der Waals surface area contributed by atoms with Crippen LogP contribution in [0.1, 0.15) is 33.6 Å². The van der Waals surface area contributed by atoms with Crippen molar-refractivity contribution in [2.75, 3.05) is 50.4 Å². The number of hydrogen-bond acceptors (Lipinski definition) is 10. The zero-order valence-corrected chi connectivity index (χ0v) is 30.0. The number of aromatic nitrogens is 1. The van der Waals surface area contributed by atoms with Crippen LogP contribution >= 0.6 is 7.60 Å². The van der Waals surface area contributed by atoms with E-state index in [1.807, 2.05) is 0 Å². The van der Waals surface area contributed by atoms with Crippen LogP contribution in [0.15, 0.2) is 66.9 Å². The van der Waals surface area contributed by atoms with Crippen molar-refractivity contribution in [3.63, 3.8) is 0 Å². The van der Waals surface area contributed by atoms with E-state index in [0.717, 1.165) is 6.07 Å². The number of benzene rings is 3. The summed E-state index contributed by atoms with van der Waals surface area (Å²) >= 11 is 0. The van der Waals surface area contributed by atoms with Gasteiger partial charge in [-0.1, -0.05) is 0 Å². The normalized spacial score (nSPS) is 13.3. The lowest BCUT2D eigenvalue weighted by atomic mass is 10.0. The lowest BCUT2D eigenvalue weighted by molar-refractivity contribution is -0.131. The third kappa shape index (κ3) is 9.02. The summed E-state index contributed by atoms with van der Waals surface area (Å²) in [7, 11) is -2.09. The molecule has 16 heteroatoms. The maximum Gasteiger partial charge on any atom is 0.349 e. The number of methoxy groups -OCH3 is 1. The molecule has 1 heterocycles. The smallest absolute Gasteiger partial charge is 0.349 e. The molecule has 2 N–H and O–H groups in total. The third-order valence-corrected chi connectivity index (χ3v) is 10.2. The fraction of sp³-hybridized carbons (Fsp3) is 0.333. The highest BCUT2D eigenvalue weighted by Crippen LogP contribution is 2.49. The van der Waals surface area contributed by atoms with Gasteiger partial charge in [-0.3, -0.25) is 23.9 Å². The maximum atomic E-state index is 15.4. The molecule has 1 aliphatic rings. The van der Waals surface area contributed by atoms with E-state index in [1.54, 1.807) is 32.0 Å². The van der Waals surface area contributed by atoms with Crippen molar-refractivity contribution in [2.45, 2.75) is 33.6 Å². The van der Waals surface area contributed by atoms with Gasteiger partial charge in [-0.2, -0.15) is 0 Å². The van der Waals surface area contributed by atoms with Crippen LogP contribution in [-0.4, -0.2) is 67.4 Å². The molecule has 0 saturated heterocycles. The topological polar surface area (TPSA) is 155 Å². The van der Waals surface area contributed by atoms with Gasteiger partial charge in [-0.15, -0.1) is 0 Å². The highest BCUT2D eigenvalue weighted by Gasteiger charge is 2.56. The zero-order valence-electron chi connectivity index (χ0n) is 29.1. The molecular weight excluding hydrogens is 701 g/mol. The van der Waals surface area contributed by atoms with Crippen molar-refractivity contribution in [3.8, 4) is 23.0 Å². The molecule has 3 aromatic carbocycles. The van der Waals surface area contributed by atoms with Crippen LogP contribution in [0.3, 0.4) is 0 Å². The molecule has 0 radical (unpaired) electrons. The van der Waals surface area contributed by atoms with E-state index in [9.17, 15) is 23.3 Å². The standard InChI is InChI=1S/C36H39F2N4O9P/c1-5-49-52(46,50-6-2)22-42(23(3)43)17-18-48-33-20-27-29(21-32(33)47-4)39-16-13-30(27)51-31-12-11-26(19-28(31)38)41-35(45)36(14-15-36)34(44)40-25-9-7-24(37)8-10-25/h7-13,16,19-21H,5-6,14-15,17-18,22H2,1-4H3,(H,40,44)(H,41,45). The lowest BCUT2D eigenvalue weighted by Crippen LogP contribution is -2.35. The molecule has 0 spiro atoms. The molecular formula is C36H39F2N4O9P. The number of pyridine rings is 1. The highest BCUT2D eigenvalue weighted by atomic mass is 31.2. The van der Waals surface area contributed by atoms with Gasteiger partial charge in [0.2, 0.25) is 17.7 Å². The minimum Gasteiger partial charge on any atom is -0.493 e. The SMILES string of the molecule is CCOP(=O)(CN(CCOc1cc2c(Oc3ccc(NC(=O)C4(C(=O)Nc5ccc(F)cc5)CC4)cc3F)ccnc2cc1OC)C(C)=O)OCC. The second-order valence-corrected chi connectivity index (χ2v) is 13.8. The Morgan fingerprint density at radius 1 is 0.865 bits per heavy atom. The maximum absolute atomic E-state index is 15.4. The molecule has 0 aliphatic heterocycles.